The van der Waals surface area contributed by atoms with Crippen LogP contribution in [0.4, 0.5) is 0 Å². The van der Waals surface area contributed by atoms with E-state index in [0.29, 0.717) is 36.9 Å². The average Bonchev–Trinajstić information content (AvgIpc) is 3.86. The SMILES string of the molecule is CC[C@@H](C)[C@@H]1NC(=O)[C@H](Cc2ccc(O)cc2)N(C)C(=O)[C@H](Cc2ccccc2)N2C(=O)[C@H](CC[C@H]2O)NC(=O)[C@H](CC(C)C)NC(=O)[C@@H](NC(=O)[C@H](CCC(N)=O)NC(=O)[C@@H]2CCCN2C(C)=O)[C@@H](C)OC1=O. The molecule has 0 aromatic heterocycles. The summed E-state index contributed by atoms with van der Waals surface area (Å²) in [5.41, 5.74) is 6.56. The molecule has 22 nitrogen and oxygen atoms in total. The summed E-state index contributed by atoms with van der Waals surface area (Å²) >= 11 is 0. The number of carbonyl (C=O) groups is 10. The molecule has 22 heteroatoms. The van der Waals surface area contributed by atoms with Crippen molar-refractivity contribution in [2.24, 2.45) is 17.6 Å². The lowest BCUT2D eigenvalue weighted by atomic mass is 9.94. The number of rotatable bonds is 15. The maximum Gasteiger partial charge on any atom is 0.329 e. The first-order valence-electron chi connectivity index (χ1n) is 25.4. The van der Waals surface area contributed by atoms with Gasteiger partial charge in [-0.05, 0) is 80.5 Å². The number of phenolic OH excluding ortho intramolecular Hbond substituents is 1. The Morgan fingerprint density at radius 3 is 2.11 bits per heavy atom. The van der Waals surface area contributed by atoms with Crippen LogP contribution >= 0.6 is 0 Å². The van der Waals surface area contributed by atoms with Crippen LogP contribution in [0.5, 0.6) is 5.75 Å². The second-order valence-corrected chi connectivity index (χ2v) is 20.0. The molecule has 9 N–H and O–H groups in total. The number of benzene rings is 2. The number of likely N-dealkylation sites (tertiary alicyclic amines) is 1. The predicted molar refractivity (Wildman–Crippen MR) is 267 cm³/mol. The van der Waals surface area contributed by atoms with Gasteiger partial charge in [0, 0.05) is 39.8 Å². The number of phenols is 1. The number of carbonyl (C=O) groups excluding carboxylic acids is 10. The predicted octanol–water partition coefficient (Wildman–Crippen LogP) is 0.0517. The van der Waals surface area contributed by atoms with Crippen molar-refractivity contribution in [3.8, 4) is 5.75 Å². The summed E-state index contributed by atoms with van der Waals surface area (Å²) < 4.78 is 5.97. The highest BCUT2D eigenvalue weighted by Crippen LogP contribution is 2.26. The molecule has 2 bridgehead atoms. The Balaban J connectivity index is 1.61. The number of amides is 9. The normalized spacial score (nSPS) is 26.3. The van der Waals surface area contributed by atoms with Crippen LogP contribution in [0, 0.1) is 11.8 Å². The molecular formula is C52H73N9O13. The summed E-state index contributed by atoms with van der Waals surface area (Å²) in [7, 11) is 1.36. The summed E-state index contributed by atoms with van der Waals surface area (Å²) in [6.07, 6.45) is -3.12. The summed E-state index contributed by atoms with van der Waals surface area (Å²) in [4.78, 5) is 144. The third kappa shape index (κ3) is 15.0. The first kappa shape index (κ1) is 57.8. The Kier molecular flexibility index (Phi) is 20.5. The van der Waals surface area contributed by atoms with Crippen LogP contribution in [0.2, 0.25) is 0 Å². The lowest BCUT2D eigenvalue weighted by Gasteiger charge is -2.43. The van der Waals surface area contributed by atoms with Crippen LogP contribution in [-0.2, 0) is 65.5 Å². The summed E-state index contributed by atoms with van der Waals surface area (Å²) in [6.45, 7) is 9.88. The van der Waals surface area contributed by atoms with Gasteiger partial charge in [-0.15, -0.1) is 0 Å². The van der Waals surface area contributed by atoms with E-state index in [2.05, 4.69) is 26.6 Å². The van der Waals surface area contributed by atoms with E-state index in [1.165, 1.54) is 37.9 Å². The molecule has 11 atom stereocenters. The average molecular weight is 1030 g/mol. The zero-order chi connectivity index (χ0) is 54.6. The standard InChI is InChI=1S/C52H73N9O13/c1-8-29(4)43-52(73)74-30(5)44(58-45(66)35(20-22-41(53)64)54-47(68)38-15-12-24-60(38)31(6)62)49(70)56-37(25-28(2)3)46(67)55-36-21-23-42(65)61(50(36)71)40(27-32-13-10-9-11-14-32)51(72)59(7)39(48(69)57-43)26-33-16-18-34(63)19-17-33/h9-11,13-14,16-19,28-30,35-40,42-44,63,65H,8,12,15,20-27H2,1-7H3,(H2,53,64)(H,54,68)(H,55,67)(H,56,70)(H,57,69)(H,58,66)/t29-,30-,35+,36+,37+,38+,39+,40+,42-,43+,44+/m1/s1. The zero-order valence-corrected chi connectivity index (χ0v) is 43.2. The third-order valence-corrected chi connectivity index (χ3v) is 14.0. The second kappa shape index (κ2) is 26.2. The molecule has 0 saturated carbocycles. The highest BCUT2D eigenvalue weighted by atomic mass is 16.5. The fourth-order valence-corrected chi connectivity index (χ4v) is 9.56. The van der Waals surface area contributed by atoms with Gasteiger partial charge in [0.25, 0.3) is 0 Å². The Hall–Kier alpha value is -7.10. The van der Waals surface area contributed by atoms with Crippen LogP contribution in [-0.4, -0.2) is 158 Å². The molecular weight excluding hydrogens is 959 g/mol. The van der Waals surface area contributed by atoms with Gasteiger partial charge in [-0.25, -0.2) is 4.79 Å². The minimum Gasteiger partial charge on any atom is -0.508 e. The van der Waals surface area contributed by atoms with Crippen molar-refractivity contribution in [2.45, 2.75) is 166 Å². The van der Waals surface area contributed by atoms with Gasteiger partial charge in [-0.2, -0.15) is 0 Å². The van der Waals surface area contributed by atoms with Crippen molar-refractivity contribution in [2.75, 3.05) is 13.6 Å². The summed E-state index contributed by atoms with van der Waals surface area (Å²) in [5.74, 6) is -9.13. The number of aliphatic hydroxyl groups is 1. The third-order valence-electron chi connectivity index (χ3n) is 14.0. The van der Waals surface area contributed by atoms with Crippen LogP contribution in [0.3, 0.4) is 0 Å². The monoisotopic (exact) mass is 1030 g/mol. The van der Waals surface area contributed by atoms with Gasteiger partial charge in [0.05, 0.1) is 0 Å². The molecule has 5 rings (SSSR count). The molecule has 0 unspecified atom stereocenters. The molecule has 3 heterocycles. The molecule has 3 fully saturated rings. The van der Waals surface area contributed by atoms with E-state index in [1.54, 1.807) is 70.2 Å². The second-order valence-electron chi connectivity index (χ2n) is 20.0. The number of nitrogens with one attached hydrogen (secondary N) is 5. The van der Waals surface area contributed by atoms with Crippen LogP contribution < -0.4 is 32.3 Å². The minimum absolute atomic E-state index is 0.00452. The van der Waals surface area contributed by atoms with Crippen LogP contribution in [0.1, 0.15) is 104 Å². The molecule has 3 aliphatic heterocycles. The van der Waals surface area contributed by atoms with Gasteiger partial charge in [-0.3, -0.25) is 43.2 Å². The number of piperidine rings is 1. The first-order valence-corrected chi connectivity index (χ1v) is 25.4. The maximum absolute atomic E-state index is 15.1. The number of hydrogen-bond acceptors (Lipinski definition) is 13. The zero-order valence-electron chi connectivity index (χ0n) is 43.2. The highest BCUT2D eigenvalue weighted by Gasteiger charge is 2.46. The number of aromatic hydroxyl groups is 1. The molecule has 2 aromatic rings. The number of ether oxygens (including phenoxy) is 1. The van der Waals surface area contributed by atoms with Crippen molar-refractivity contribution in [3.63, 3.8) is 0 Å². The Morgan fingerprint density at radius 1 is 0.838 bits per heavy atom. The van der Waals surface area contributed by atoms with Crippen LogP contribution in [0.15, 0.2) is 54.6 Å². The Labute approximate surface area is 431 Å². The Bertz CT molecular complexity index is 2370. The molecule has 0 radical (unpaired) electrons. The number of aliphatic hydroxyl groups excluding tert-OH is 1. The number of primary amides is 1. The van der Waals surface area contributed by atoms with E-state index in [0.717, 1.165) is 9.80 Å². The smallest absolute Gasteiger partial charge is 0.329 e. The number of nitrogens with zero attached hydrogens (tertiary/aromatic N) is 3. The number of cyclic esters (lactones) is 1. The van der Waals surface area contributed by atoms with Crippen molar-refractivity contribution < 1.29 is 62.9 Å². The van der Waals surface area contributed by atoms with Gasteiger partial charge in [0.2, 0.25) is 53.2 Å². The van der Waals surface area contributed by atoms with Gasteiger partial charge in [-0.1, -0.05) is 76.6 Å². The number of likely N-dealkylation sites (N-methyl/N-ethyl adjacent to an activating group) is 1. The topological polar surface area (TPSA) is 316 Å². The quantitative estimate of drug-likeness (QED) is 0.110. The van der Waals surface area contributed by atoms with Gasteiger partial charge >= 0.3 is 5.97 Å². The number of nitrogens with two attached hydrogens (primary N) is 1. The van der Waals surface area contributed by atoms with Crippen LogP contribution in [0.25, 0.3) is 0 Å². The van der Waals surface area contributed by atoms with E-state index in [-0.39, 0.29) is 62.5 Å². The van der Waals surface area contributed by atoms with E-state index >= 15 is 4.79 Å². The number of esters is 1. The van der Waals surface area contributed by atoms with Gasteiger partial charge in [0.15, 0.2) is 0 Å². The first-order chi connectivity index (χ1) is 35.0. The van der Waals surface area contributed by atoms with E-state index in [1.807, 2.05) is 0 Å². The van der Waals surface area contributed by atoms with Crippen molar-refractivity contribution in [1.29, 1.82) is 0 Å². The van der Waals surface area contributed by atoms with E-state index < -0.39 is 120 Å². The molecule has 404 valence electrons. The van der Waals surface area contributed by atoms with Crippen molar-refractivity contribution in [1.82, 2.24) is 41.3 Å². The fraction of sp³-hybridized carbons (Fsp3) is 0.577. The number of fused-ring (bicyclic) bond motifs is 2. The molecule has 2 aromatic carbocycles. The van der Waals surface area contributed by atoms with Crippen molar-refractivity contribution in [3.05, 3.63) is 65.7 Å². The maximum atomic E-state index is 15.1. The fourth-order valence-electron chi connectivity index (χ4n) is 9.56. The number of hydrogen-bond donors (Lipinski definition) is 8. The largest absolute Gasteiger partial charge is 0.508 e. The Morgan fingerprint density at radius 2 is 1.49 bits per heavy atom. The summed E-state index contributed by atoms with van der Waals surface area (Å²) in [5, 5.41) is 35.0. The molecule has 0 aliphatic carbocycles. The van der Waals surface area contributed by atoms with Gasteiger partial charge < -0.3 is 62.0 Å². The van der Waals surface area contributed by atoms with E-state index in [4.69, 9.17) is 10.5 Å². The van der Waals surface area contributed by atoms with Gasteiger partial charge in [0.1, 0.15) is 66.4 Å². The lowest BCUT2D eigenvalue weighted by Crippen LogP contribution is -2.65. The highest BCUT2D eigenvalue weighted by molar-refractivity contribution is 5.99. The summed E-state index contributed by atoms with van der Waals surface area (Å²) in [6, 6.07) is 3.39. The molecule has 9 amide bonds. The molecule has 0 spiro atoms. The molecule has 74 heavy (non-hydrogen) atoms. The van der Waals surface area contributed by atoms with E-state index in [9.17, 15) is 53.4 Å². The molecule has 3 saturated heterocycles. The molecule has 3 aliphatic rings. The lowest BCUT2D eigenvalue weighted by molar-refractivity contribution is -0.165. The van der Waals surface area contributed by atoms with Crippen molar-refractivity contribution >= 4 is 59.1 Å². The minimum atomic E-state index is -1.82.